The van der Waals surface area contributed by atoms with Gasteiger partial charge in [0.2, 0.25) is 0 Å². The zero-order valence-corrected chi connectivity index (χ0v) is 17.4. The Bertz CT molecular complexity index is 1310. The molecule has 0 unspecified atom stereocenters. The fourth-order valence-electron chi connectivity index (χ4n) is 2.53. The van der Waals surface area contributed by atoms with Gasteiger partial charge in [-0.05, 0) is 42.5 Å². The number of anilines is 1. The molecule has 0 radical (unpaired) electrons. The van der Waals surface area contributed by atoms with Gasteiger partial charge in [0, 0.05) is 18.6 Å². The average molecular weight is 480 g/mol. The average Bonchev–Trinajstić information content (AvgIpc) is 3.14. The minimum absolute atomic E-state index is 0.0203. The molecule has 1 N–H and O–H groups in total. The molecule has 1 aromatic heterocycles. The van der Waals surface area contributed by atoms with E-state index in [1.807, 2.05) is 0 Å². The van der Waals surface area contributed by atoms with Crippen molar-refractivity contribution < 1.29 is 30.0 Å². The summed E-state index contributed by atoms with van der Waals surface area (Å²) in [5.74, 6) is 0. The second-order valence-corrected chi connectivity index (χ2v) is 10.2. The van der Waals surface area contributed by atoms with E-state index in [-0.39, 0.29) is 15.6 Å². The minimum atomic E-state index is -4.73. The van der Waals surface area contributed by atoms with E-state index in [0.29, 0.717) is 6.07 Å². The topological polar surface area (TPSA) is 98.1 Å². The van der Waals surface area contributed by atoms with E-state index < -0.39 is 42.2 Å². The predicted octanol–water partition coefficient (Wildman–Crippen LogP) is 3.75. The quantitative estimate of drug-likeness (QED) is 0.601. The third-order valence-corrected chi connectivity index (χ3v) is 6.90. The third kappa shape index (κ3) is 4.60. The number of benzene rings is 2. The number of sulfone groups is 1. The summed E-state index contributed by atoms with van der Waals surface area (Å²) in [6.07, 6.45) is -1.07. The van der Waals surface area contributed by atoms with E-state index in [9.17, 15) is 30.0 Å². The van der Waals surface area contributed by atoms with Crippen LogP contribution < -0.4 is 4.72 Å². The number of alkyl halides is 3. The summed E-state index contributed by atoms with van der Waals surface area (Å²) in [6.45, 7) is 0. The molecule has 0 aliphatic heterocycles. The van der Waals surface area contributed by atoms with E-state index in [0.717, 1.165) is 36.6 Å². The van der Waals surface area contributed by atoms with Crippen molar-refractivity contribution >= 4 is 37.1 Å². The Morgan fingerprint density at radius 2 is 1.77 bits per heavy atom. The second-order valence-electron chi connectivity index (χ2n) is 6.15. The molecule has 30 heavy (non-hydrogen) atoms. The Hall–Kier alpha value is -2.57. The van der Waals surface area contributed by atoms with Crippen molar-refractivity contribution in [2.24, 2.45) is 0 Å². The largest absolute Gasteiger partial charge is 0.416 e. The summed E-state index contributed by atoms with van der Waals surface area (Å²) in [7, 11) is -8.32. The smallest absolute Gasteiger partial charge is 0.277 e. The maximum atomic E-state index is 13.2. The second kappa shape index (κ2) is 7.60. The van der Waals surface area contributed by atoms with E-state index in [1.54, 1.807) is 0 Å². The lowest BCUT2D eigenvalue weighted by molar-refractivity contribution is -0.137. The fourth-order valence-corrected chi connectivity index (χ4v) is 4.84. The summed E-state index contributed by atoms with van der Waals surface area (Å²) in [5, 5.41) is 3.60. The van der Waals surface area contributed by atoms with Crippen LogP contribution in [0.5, 0.6) is 0 Å². The number of halogens is 4. The highest BCUT2D eigenvalue weighted by Gasteiger charge is 2.32. The molecule has 0 aliphatic rings. The van der Waals surface area contributed by atoms with Crippen LogP contribution in [0.4, 0.5) is 18.9 Å². The van der Waals surface area contributed by atoms with Crippen LogP contribution in [0.1, 0.15) is 5.56 Å². The highest BCUT2D eigenvalue weighted by Crippen LogP contribution is 2.35. The van der Waals surface area contributed by atoms with Crippen molar-refractivity contribution in [2.75, 3.05) is 11.0 Å². The van der Waals surface area contributed by atoms with Crippen LogP contribution >= 0.6 is 11.6 Å². The van der Waals surface area contributed by atoms with E-state index in [4.69, 9.17) is 11.6 Å². The van der Waals surface area contributed by atoms with Crippen LogP contribution in [0.25, 0.3) is 5.69 Å². The van der Waals surface area contributed by atoms with Gasteiger partial charge in [-0.2, -0.15) is 18.3 Å². The molecule has 3 rings (SSSR count). The number of nitrogens with one attached hydrogen (secondary N) is 1. The monoisotopic (exact) mass is 479 g/mol. The normalized spacial score (nSPS) is 12.7. The Balaban J connectivity index is 2.15. The maximum Gasteiger partial charge on any atom is 0.416 e. The molecule has 0 aliphatic carbocycles. The molecule has 0 spiro atoms. The van der Waals surface area contributed by atoms with Crippen molar-refractivity contribution in [3.05, 3.63) is 65.4 Å². The first-order chi connectivity index (χ1) is 13.8. The number of nitrogens with zero attached hydrogens (tertiary/aromatic N) is 2. The Morgan fingerprint density at radius 3 is 2.33 bits per heavy atom. The lowest BCUT2D eigenvalue weighted by atomic mass is 10.1. The number of aromatic nitrogens is 2. The molecule has 160 valence electrons. The number of hydrogen-bond acceptors (Lipinski definition) is 5. The van der Waals surface area contributed by atoms with Gasteiger partial charge in [-0.3, -0.25) is 4.72 Å². The van der Waals surface area contributed by atoms with E-state index in [1.165, 1.54) is 23.1 Å². The van der Waals surface area contributed by atoms with Gasteiger partial charge < -0.3 is 0 Å². The first kappa shape index (κ1) is 22.1. The van der Waals surface area contributed by atoms with Crippen molar-refractivity contribution in [1.82, 2.24) is 9.78 Å². The van der Waals surface area contributed by atoms with Crippen molar-refractivity contribution in [3.63, 3.8) is 0 Å². The molecule has 2 aromatic carbocycles. The van der Waals surface area contributed by atoms with Gasteiger partial charge in [0.15, 0.2) is 9.84 Å². The van der Waals surface area contributed by atoms with Crippen LogP contribution in [-0.4, -0.2) is 32.9 Å². The number of hydrogen-bond donors (Lipinski definition) is 1. The summed E-state index contributed by atoms with van der Waals surface area (Å²) >= 11 is 5.93. The van der Waals surface area contributed by atoms with Crippen LogP contribution in [0.2, 0.25) is 5.02 Å². The first-order valence-electron chi connectivity index (χ1n) is 8.03. The van der Waals surface area contributed by atoms with Crippen LogP contribution in [-0.2, 0) is 26.0 Å². The number of rotatable bonds is 5. The Labute approximate surface area is 175 Å². The van der Waals surface area contributed by atoms with Gasteiger partial charge in [0.1, 0.15) is 4.90 Å². The molecular formula is C17H13ClF3N3O4S2. The maximum absolute atomic E-state index is 13.2. The zero-order chi connectivity index (χ0) is 22.3. The van der Waals surface area contributed by atoms with E-state index >= 15 is 0 Å². The van der Waals surface area contributed by atoms with Crippen LogP contribution in [0, 0.1) is 0 Å². The number of sulfonamides is 1. The standard InChI is InChI=1S/C17H13ClF3N3O4S2/c1-29(25,26)12-4-5-13(18)16(10-12)30(27,28)23-14-9-11(17(19,20)21)3-6-15(14)24-8-2-7-22-24/h2-10,23H,1H3. The molecule has 0 amide bonds. The third-order valence-electron chi connectivity index (χ3n) is 3.94. The lowest BCUT2D eigenvalue weighted by Gasteiger charge is -2.16. The highest BCUT2D eigenvalue weighted by molar-refractivity contribution is 7.93. The molecule has 0 fully saturated rings. The van der Waals surface area contributed by atoms with Crippen molar-refractivity contribution in [2.45, 2.75) is 16.0 Å². The molecule has 0 bridgehead atoms. The fraction of sp³-hybridized carbons (Fsp3) is 0.118. The van der Waals surface area contributed by atoms with E-state index in [2.05, 4.69) is 9.82 Å². The molecule has 3 aromatic rings. The van der Waals surface area contributed by atoms with Gasteiger partial charge in [0.05, 0.1) is 26.9 Å². The molecule has 7 nitrogen and oxygen atoms in total. The predicted molar refractivity (Wildman–Crippen MR) is 104 cm³/mol. The van der Waals surface area contributed by atoms with Gasteiger partial charge in [0.25, 0.3) is 10.0 Å². The highest BCUT2D eigenvalue weighted by atomic mass is 35.5. The van der Waals surface area contributed by atoms with Crippen LogP contribution in [0.3, 0.4) is 0 Å². The van der Waals surface area contributed by atoms with Gasteiger partial charge in [-0.15, -0.1) is 0 Å². The summed E-state index contributed by atoms with van der Waals surface area (Å²) in [4.78, 5) is -0.917. The van der Waals surface area contributed by atoms with Gasteiger partial charge in [-0.25, -0.2) is 21.5 Å². The summed E-state index contributed by atoms with van der Waals surface area (Å²) < 4.78 is 92.0. The molecule has 0 saturated heterocycles. The van der Waals surface area contributed by atoms with Gasteiger partial charge in [-0.1, -0.05) is 11.6 Å². The Morgan fingerprint density at radius 1 is 1.07 bits per heavy atom. The lowest BCUT2D eigenvalue weighted by Crippen LogP contribution is -2.17. The van der Waals surface area contributed by atoms with Crippen molar-refractivity contribution in [1.29, 1.82) is 0 Å². The molecule has 1 heterocycles. The molecule has 0 saturated carbocycles. The SMILES string of the molecule is CS(=O)(=O)c1ccc(Cl)c(S(=O)(=O)Nc2cc(C(F)(F)F)ccc2-n2cccn2)c1. The summed E-state index contributed by atoms with van der Waals surface area (Å²) in [5.41, 5.74) is -1.49. The molecule has 13 heteroatoms. The minimum Gasteiger partial charge on any atom is -0.277 e. The van der Waals surface area contributed by atoms with Crippen LogP contribution in [0.15, 0.2) is 64.6 Å². The first-order valence-corrected chi connectivity index (χ1v) is 11.8. The molecular weight excluding hydrogens is 467 g/mol. The van der Waals surface area contributed by atoms with Crippen molar-refractivity contribution in [3.8, 4) is 5.69 Å². The van der Waals surface area contributed by atoms with Gasteiger partial charge >= 0.3 is 6.18 Å². The molecule has 0 atom stereocenters. The Kier molecular flexibility index (Phi) is 5.60. The summed E-state index contributed by atoms with van der Waals surface area (Å²) in [6, 6.07) is 6.99. The zero-order valence-electron chi connectivity index (χ0n) is 15.1.